The Kier molecular flexibility index (Phi) is 1.84. The van der Waals surface area contributed by atoms with Crippen LogP contribution in [0.25, 0.3) is 10.9 Å². The van der Waals surface area contributed by atoms with Crippen LogP contribution in [-0.2, 0) is 11.8 Å². The Hall–Kier alpha value is -1.77. The van der Waals surface area contributed by atoms with Crippen LogP contribution in [0.15, 0.2) is 30.3 Å². The summed E-state index contributed by atoms with van der Waals surface area (Å²) in [7, 11) is 2.01. The number of aryl methyl sites for hydroxylation is 1. The van der Waals surface area contributed by atoms with Gasteiger partial charge in [-0.15, -0.1) is 0 Å². The van der Waals surface area contributed by atoms with Crippen molar-refractivity contribution in [3.63, 3.8) is 0 Å². The molecule has 1 aromatic carbocycles. The third kappa shape index (κ3) is 1.24. The molecule has 16 heavy (non-hydrogen) atoms. The van der Waals surface area contributed by atoms with E-state index in [-0.39, 0.29) is 11.8 Å². The minimum atomic E-state index is -0.671. The quantitative estimate of drug-likeness (QED) is 0.835. The van der Waals surface area contributed by atoms with Gasteiger partial charge >= 0.3 is 5.97 Å². The smallest absolute Gasteiger partial charge is 0.307 e. The van der Waals surface area contributed by atoms with Gasteiger partial charge in [0.2, 0.25) is 0 Å². The molecule has 0 amide bonds. The normalized spacial score (nSPS) is 23.6. The molecule has 0 saturated heterocycles. The van der Waals surface area contributed by atoms with Gasteiger partial charge in [-0.25, -0.2) is 0 Å². The zero-order chi connectivity index (χ0) is 11.3. The summed E-state index contributed by atoms with van der Waals surface area (Å²) in [6, 6.07) is 10.3. The first kappa shape index (κ1) is 9.46. The lowest BCUT2D eigenvalue weighted by Gasteiger charge is -2.02. The van der Waals surface area contributed by atoms with E-state index in [0.29, 0.717) is 0 Å². The Morgan fingerprint density at radius 2 is 2.19 bits per heavy atom. The fourth-order valence-electron chi connectivity index (χ4n) is 2.46. The second kappa shape index (κ2) is 3.11. The fraction of sp³-hybridized carbons (Fsp3) is 0.308. The minimum Gasteiger partial charge on any atom is -0.481 e. The largest absolute Gasteiger partial charge is 0.481 e. The number of rotatable bonds is 2. The molecule has 2 atom stereocenters. The van der Waals surface area contributed by atoms with Crippen LogP contribution in [-0.4, -0.2) is 15.6 Å². The van der Waals surface area contributed by atoms with E-state index in [1.165, 1.54) is 10.9 Å². The van der Waals surface area contributed by atoms with Crippen molar-refractivity contribution in [3.8, 4) is 0 Å². The summed E-state index contributed by atoms with van der Waals surface area (Å²) in [5.74, 6) is -0.645. The van der Waals surface area contributed by atoms with Gasteiger partial charge in [0.15, 0.2) is 0 Å². The number of carbonyl (C=O) groups is 1. The summed E-state index contributed by atoms with van der Waals surface area (Å²) in [5, 5.41) is 10.1. The number of fused-ring (bicyclic) bond motifs is 1. The molecule has 0 spiro atoms. The van der Waals surface area contributed by atoms with E-state index in [2.05, 4.69) is 22.8 Å². The molecule has 1 N–H and O–H groups in total. The van der Waals surface area contributed by atoms with Crippen LogP contribution in [0.3, 0.4) is 0 Å². The molecule has 2 unspecified atom stereocenters. The monoisotopic (exact) mass is 215 g/mol. The number of hydrogen-bond acceptors (Lipinski definition) is 1. The van der Waals surface area contributed by atoms with Crippen LogP contribution in [0.2, 0.25) is 0 Å². The summed E-state index contributed by atoms with van der Waals surface area (Å²) >= 11 is 0. The van der Waals surface area contributed by atoms with Crippen molar-refractivity contribution in [2.75, 3.05) is 0 Å². The summed E-state index contributed by atoms with van der Waals surface area (Å²) in [5.41, 5.74) is 2.32. The van der Waals surface area contributed by atoms with E-state index in [0.717, 1.165) is 12.1 Å². The first-order valence-corrected chi connectivity index (χ1v) is 5.45. The standard InChI is InChI=1S/C13H13NO2/c1-14-11-5-3-2-4-8(11)6-12(14)9-7-10(9)13(15)16/h2-6,9-10H,7H2,1H3,(H,15,16). The second-order valence-electron chi connectivity index (χ2n) is 4.47. The third-order valence-electron chi connectivity index (χ3n) is 3.48. The van der Waals surface area contributed by atoms with Gasteiger partial charge in [-0.2, -0.15) is 0 Å². The molecule has 3 heteroatoms. The van der Waals surface area contributed by atoms with Gasteiger partial charge in [0.05, 0.1) is 5.92 Å². The van der Waals surface area contributed by atoms with Crippen molar-refractivity contribution in [2.45, 2.75) is 12.3 Å². The summed E-state index contributed by atoms with van der Waals surface area (Å²) in [6.45, 7) is 0. The van der Waals surface area contributed by atoms with Gasteiger partial charge in [0.1, 0.15) is 0 Å². The Bertz CT molecular complexity index is 570. The molecule has 2 aromatic rings. The lowest BCUT2D eigenvalue weighted by Crippen LogP contribution is -2.01. The van der Waals surface area contributed by atoms with Crippen LogP contribution < -0.4 is 0 Å². The molecule has 1 fully saturated rings. The molecule has 1 aliphatic rings. The van der Waals surface area contributed by atoms with Crippen molar-refractivity contribution >= 4 is 16.9 Å². The van der Waals surface area contributed by atoms with E-state index in [1.807, 2.05) is 19.2 Å². The van der Waals surface area contributed by atoms with E-state index >= 15 is 0 Å². The molecule has 1 aliphatic carbocycles. The van der Waals surface area contributed by atoms with Gasteiger partial charge < -0.3 is 9.67 Å². The lowest BCUT2D eigenvalue weighted by atomic mass is 10.2. The molecule has 0 aliphatic heterocycles. The summed E-state index contributed by atoms with van der Waals surface area (Å²) in [4.78, 5) is 10.9. The van der Waals surface area contributed by atoms with Gasteiger partial charge in [-0.3, -0.25) is 4.79 Å². The van der Waals surface area contributed by atoms with Gasteiger partial charge in [-0.1, -0.05) is 18.2 Å². The number of hydrogen-bond donors (Lipinski definition) is 1. The Morgan fingerprint density at radius 1 is 1.44 bits per heavy atom. The van der Waals surface area contributed by atoms with Crippen LogP contribution in [0, 0.1) is 5.92 Å². The highest BCUT2D eigenvalue weighted by atomic mass is 16.4. The Labute approximate surface area is 93.3 Å². The number of carboxylic acid groups (broad SMARTS) is 1. The fourth-order valence-corrected chi connectivity index (χ4v) is 2.46. The molecular formula is C13H13NO2. The first-order chi connectivity index (χ1) is 7.68. The maximum atomic E-state index is 10.9. The highest BCUT2D eigenvalue weighted by Gasteiger charge is 2.45. The van der Waals surface area contributed by atoms with Crippen molar-refractivity contribution in [3.05, 3.63) is 36.0 Å². The SMILES string of the molecule is Cn1c(C2CC2C(=O)O)cc2ccccc21. The molecule has 0 radical (unpaired) electrons. The third-order valence-corrected chi connectivity index (χ3v) is 3.48. The van der Waals surface area contributed by atoms with Crippen molar-refractivity contribution < 1.29 is 9.90 Å². The van der Waals surface area contributed by atoms with E-state index in [9.17, 15) is 4.79 Å². The summed E-state index contributed by atoms with van der Waals surface area (Å²) < 4.78 is 2.11. The molecule has 3 rings (SSSR count). The Morgan fingerprint density at radius 3 is 2.81 bits per heavy atom. The number of aliphatic carboxylic acids is 1. The van der Waals surface area contributed by atoms with Gasteiger partial charge in [0, 0.05) is 24.2 Å². The zero-order valence-corrected chi connectivity index (χ0v) is 9.05. The van der Waals surface area contributed by atoms with Crippen LogP contribution in [0.1, 0.15) is 18.0 Å². The predicted octanol–water partition coefficient (Wildman–Crippen LogP) is 2.37. The maximum absolute atomic E-state index is 10.9. The van der Waals surface area contributed by atoms with Gasteiger partial charge in [0.25, 0.3) is 0 Å². The number of benzene rings is 1. The number of nitrogens with zero attached hydrogens (tertiary/aromatic N) is 1. The van der Waals surface area contributed by atoms with Crippen molar-refractivity contribution in [1.29, 1.82) is 0 Å². The average Bonchev–Trinajstić information content (AvgIpc) is 3.00. The molecule has 0 bridgehead atoms. The number of para-hydroxylation sites is 1. The van der Waals surface area contributed by atoms with Crippen LogP contribution in [0.5, 0.6) is 0 Å². The first-order valence-electron chi connectivity index (χ1n) is 5.45. The second-order valence-corrected chi connectivity index (χ2v) is 4.47. The molecule has 3 nitrogen and oxygen atoms in total. The molecular weight excluding hydrogens is 202 g/mol. The summed E-state index contributed by atoms with van der Waals surface area (Å²) in [6.07, 6.45) is 0.777. The highest BCUT2D eigenvalue weighted by Crippen LogP contribution is 2.48. The lowest BCUT2D eigenvalue weighted by molar-refractivity contribution is -0.138. The molecule has 1 heterocycles. The van der Waals surface area contributed by atoms with E-state index in [4.69, 9.17) is 5.11 Å². The van der Waals surface area contributed by atoms with Crippen LogP contribution in [0.4, 0.5) is 0 Å². The Balaban J connectivity index is 2.06. The van der Waals surface area contributed by atoms with E-state index < -0.39 is 5.97 Å². The average molecular weight is 215 g/mol. The maximum Gasteiger partial charge on any atom is 0.307 e. The molecule has 1 aromatic heterocycles. The topological polar surface area (TPSA) is 42.2 Å². The van der Waals surface area contributed by atoms with E-state index in [1.54, 1.807) is 0 Å². The number of carboxylic acids is 1. The number of aromatic nitrogens is 1. The van der Waals surface area contributed by atoms with Gasteiger partial charge in [-0.05, 0) is 23.9 Å². The van der Waals surface area contributed by atoms with Crippen LogP contribution >= 0.6 is 0 Å². The zero-order valence-electron chi connectivity index (χ0n) is 9.05. The molecule has 82 valence electrons. The van der Waals surface area contributed by atoms with Crippen molar-refractivity contribution in [2.24, 2.45) is 13.0 Å². The minimum absolute atomic E-state index is 0.178. The predicted molar refractivity (Wildman–Crippen MR) is 61.4 cm³/mol. The van der Waals surface area contributed by atoms with Crippen molar-refractivity contribution in [1.82, 2.24) is 4.57 Å². The highest BCUT2D eigenvalue weighted by molar-refractivity contribution is 5.82. The molecule has 1 saturated carbocycles.